The first-order valence-electron chi connectivity index (χ1n) is 3.14. The van der Waals surface area contributed by atoms with Gasteiger partial charge in [-0.15, -0.1) is 0 Å². The Morgan fingerprint density at radius 1 is 1.42 bits per heavy atom. The molecule has 0 bridgehead atoms. The molecule has 0 spiro atoms. The van der Waals surface area contributed by atoms with Gasteiger partial charge in [0, 0.05) is 5.56 Å². The molecule has 0 aliphatic heterocycles. The number of ether oxygens (including phenoxy) is 1. The molecule has 0 saturated heterocycles. The third-order valence-corrected chi connectivity index (χ3v) is 1.35. The summed E-state index contributed by atoms with van der Waals surface area (Å²) in [6.45, 7) is 0. The average molecular weight is 173 g/mol. The normalized spacial score (nSPS) is 8.42. The van der Waals surface area contributed by atoms with Gasteiger partial charge in [-0.2, -0.15) is 0 Å². The van der Waals surface area contributed by atoms with Gasteiger partial charge >= 0.3 is 29.6 Å². The molecular formula is C8H8NNaO2. The van der Waals surface area contributed by atoms with Crippen LogP contribution in [-0.2, 0) is 0 Å². The van der Waals surface area contributed by atoms with Crippen molar-refractivity contribution in [1.82, 2.24) is 0 Å². The van der Waals surface area contributed by atoms with Crippen molar-refractivity contribution in [1.29, 1.82) is 0 Å². The predicted molar refractivity (Wildman–Crippen MR) is 41.6 cm³/mol. The number of nitrogens with one attached hydrogen (secondary N) is 1. The molecular weight excluding hydrogens is 165 g/mol. The summed E-state index contributed by atoms with van der Waals surface area (Å²) in [6.07, 6.45) is 0. The van der Waals surface area contributed by atoms with E-state index < -0.39 is 5.91 Å². The average Bonchev–Trinajstić information content (AvgIpc) is 2.04. The molecule has 1 aromatic carbocycles. The molecule has 0 aliphatic carbocycles. The molecule has 3 nitrogen and oxygen atoms in total. The monoisotopic (exact) mass is 173 g/mol. The van der Waals surface area contributed by atoms with Crippen LogP contribution in [0.1, 0.15) is 10.4 Å². The maximum atomic E-state index is 10.6. The first-order valence-corrected chi connectivity index (χ1v) is 3.14. The molecule has 0 heterocycles. The van der Waals surface area contributed by atoms with Gasteiger partial charge in [-0.05, 0) is 12.1 Å². The fourth-order valence-corrected chi connectivity index (χ4v) is 0.832. The van der Waals surface area contributed by atoms with E-state index in [9.17, 15) is 4.79 Å². The van der Waals surface area contributed by atoms with Gasteiger partial charge in [0.2, 0.25) is 0 Å². The third-order valence-electron chi connectivity index (χ3n) is 1.35. The van der Waals surface area contributed by atoms with E-state index in [4.69, 9.17) is 10.5 Å². The van der Waals surface area contributed by atoms with Crippen LogP contribution in [0.25, 0.3) is 5.73 Å². The van der Waals surface area contributed by atoms with Crippen LogP contribution in [0.4, 0.5) is 0 Å². The Morgan fingerprint density at radius 2 is 2.00 bits per heavy atom. The molecule has 0 fully saturated rings. The molecule has 0 aliphatic rings. The van der Waals surface area contributed by atoms with E-state index in [0.717, 1.165) is 0 Å². The summed E-state index contributed by atoms with van der Waals surface area (Å²) < 4.78 is 4.87. The third kappa shape index (κ3) is 2.52. The number of benzene rings is 1. The van der Waals surface area contributed by atoms with E-state index in [0.29, 0.717) is 11.3 Å². The van der Waals surface area contributed by atoms with Crippen molar-refractivity contribution in [3.8, 4) is 5.75 Å². The molecule has 0 aromatic heterocycles. The maximum Gasteiger partial charge on any atom is 1.00 e. The SMILES string of the molecule is COc1ccccc1C([NH-])=O.[Na+]. The van der Waals surface area contributed by atoms with Gasteiger partial charge in [0.25, 0.3) is 0 Å². The molecule has 0 atom stereocenters. The molecule has 12 heavy (non-hydrogen) atoms. The minimum absolute atomic E-state index is 0. The maximum absolute atomic E-state index is 10.6. The zero-order chi connectivity index (χ0) is 8.27. The Bertz CT molecular complexity index is 276. The van der Waals surface area contributed by atoms with Crippen LogP contribution in [0.15, 0.2) is 24.3 Å². The van der Waals surface area contributed by atoms with E-state index in [1.165, 1.54) is 7.11 Å². The number of amides is 1. The second-order valence-electron chi connectivity index (χ2n) is 2.03. The van der Waals surface area contributed by atoms with Crippen LogP contribution < -0.4 is 34.3 Å². The Hall–Kier alpha value is -0.510. The van der Waals surface area contributed by atoms with Crippen molar-refractivity contribution in [3.63, 3.8) is 0 Å². The number of carbonyl (C=O) groups excluding carboxylic acids is 1. The first kappa shape index (κ1) is 11.5. The van der Waals surface area contributed by atoms with Gasteiger partial charge < -0.3 is 15.3 Å². The summed E-state index contributed by atoms with van der Waals surface area (Å²) in [6, 6.07) is 6.67. The van der Waals surface area contributed by atoms with Crippen molar-refractivity contribution < 1.29 is 39.1 Å². The van der Waals surface area contributed by atoms with E-state index in [1.54, 1.807) is 24.3 Å². The minimum Gasteiger partial charge on any atom is -0.663 e. The minimum atomic E-state index is -0.720. The predicted octanol–water partition coefficient (Wildman–Crippen LogP) is -1.11. The number of carbonyl (C=O) groups is 1. The van der Waals surface area contributed by atoms with Gasteiger partial charge in [-0.1, -0.05) is 12.1 Å². The van der Waals surface area contributed by atoms with Crippen molar-refractivity contribution in [2.24, 2.45) is 0 Å². The summed E-state index contributed by atoms with van der Waals surface area (Å²) in [5.74, 6) is -0.269. The van der Waals surface area contributed by atoms with Crippen LogP contribution in [0.2, 0.25) is 0 Å². The van der Waals surface area contributed by atoms with Gasteiger partial charge in [0.15, 0.2) is 0 Å². The van der Waals surface area contributed by atoms with Gasteiger partial charge in [-0.25, -0.2) is 0 Å². The zero-order valence-electron chi connectivity index (χ0n) is 7.13. The van der Waals surface area contributed by atoms with Gasteiger partial charge in [0.1, 0.15) is 5.75 Å². The standard InChI is InChI=1S/C8H9NO2.Na/c1-11-7-5-3-2-4-6(7)8(9)10;/h2-5H,1H3,(H2,9,10);/q;+1/p-1. The van der Waals surface area contributed by atoms with Gasteiger partial charge in [0.05, 0.1) is 13.0 Å². The smallest absolute Gasteiger partial charge is 0.663 e. The second kappa shape index (κ2) is 5.19. The molecule has 1 N–H and O–H groups in total. The van der Waals surface area contributed by atoms with E-state index in [1.807, 2.05) is 0 Å². The van der Waals surface area contributed by atoms with Crippen LogP contribution in [0.5, 0.6) is 5.75 Å². The summed E-state index contributed by atoms with van der Waals surface area (Å²) in [4.78, 5) is 10.6. The number of para-hydroxylation sites is 1. The quantitative estimate of drug-likeness (QED) is 0.532. The van der Waals surface area contributed by atoms with Crippen LogP contribution in [0.3, 0.4) is 0 Å². The van der Waals surface area contributed by atoms with Crippen molar-refractivity contribution >= 4 is 5.91 Å². The van der Waals surface area contributed by atoms with Crippen molar-refractivity contribution in [2.75, 3.05) is 7.11 Å². The van der Waals surface area contributed by atoms with Crippen molar-refractivity contribution in [3.05, 3.63) is 35.6 Å². The van der Waals surface area contributed by atoms with E-state index >= 15 is 0 Å². The van der Waals surface area contributed by atoms with Crippen LogP contribution >= 0.6 is 0 Å². The van der Waals surface area contributed by atoms with E-state index in [-0.39, 0.29) is 29.6 Å². The number of rotatable bonds is 2. The zero-order valence-corrected chi connectivity index (χ0v) is 9.13. The fraction of sp³-hybridized carbons (Fsp3) is 0.125. The number of methoxy groups -OCH3 is 1. The van der Waals surface area contributed by atoms with Crippen LogP contribution in [-0.4, -0.2) is 13.0 Å². The Labute approximate surface area is 93.2 Å². The molecule has 58 valence electrons. The summed E-state index contributed by atoms with van der Waals surface area (Å²) in [7, 11) is 1.47. The Balaban J connectivity index is 0.00000121. The molecule has 0 saturated carbocycles. The molecule has 1 amide bonds. The first-order chi connectivity index (χ1) is 5.25. The van der Waals surface area contributed by atoms with Gasteiger partial charge in [-0.3, -0.25) is 0 Å². The van der Waals surface area contributed by atoms with Crippen LogP contribution in [0, 0.1) is 0 Å². The number of hydrogen-bond donors (Lipinski definition) is 0. The second-order valence-corrected chi connectivity index (χ2v) is 2.03. The van der Waals surface area contributed by atoms with Crippen molar-refractivity contribution in [2.45, 2.75) is 0 Å². The molecule has 1 aromatic rings. The topological polar surface area (TPSA) is 50.1 Å². The molecule has 0 unspecified atom stereocenters. The largest absolute Gasteiger partial charge is 1.00 e. The Kier molecular flexibility index (Phi) is 4.97. The molecule has 1 rings (SSSR count). The summed E-state index contributed by atoms with van der Waals surface area (Å²) in [5.41, 5.74) is 7.14. The van der Waals surface area contributed by atoms with E-state index in [2.05, 4.69) is 0 Å². The fourth-order valence-electron chi connectivity index (χ4n) is 0.832. The summed E-state index contributed by atoms with van der Waals surface area (Å²) in [5, 5.41) is 0. The number of hydrogen-bond acceptors (Lipinski definition) is 2. The molecule has 4 heteroatoms. The molecule has 0 radical (unpaired) electrons. The Morgan fingerprint density at radius 3 is 2.42 bits per heavy atom. The summed E-state index contributed by atoms with van der Waals surface area (Å²) >= 11 is 0.